The molecule has 4 heteroatoms. The highest BCUT2D eigenvalue weighted by Gasteiger charge is 2.15. The number of amides is 1. The zero-order valence-electron chi connectivity index (χ0n) is 12.7. The topological polar surface area (TPSA) is 54.3 Å². The zero-order valence-corrected chi connectivity index (χ0v) is 12.7. The molecule has 2 N–H and O–H groups in total. The van der Waals surface area contributed by atoms with Crippen molar-refractivity contribution in [1.82, 2.24) is 5.32 Å². The first kappa shape index (κ1) is 15.2. The number of hydrogen-bond acceptors (Lipinski definition) is 3. The smallest absolute Gasteiger partial charge is 0.242 e. The van der Waals surface area contributed by atoms with E-state index in [1.165, 1.54) is 5.56 Å². The number of benzene rings is 1. The number of hydrogen-bond donors (Lipinski definition) is 2. The van der Waals surface area contributed by atoms with Crippen molar-refractivity contribution in [1.29, 1.82) is 0 Å². The Balaban J connectivity index is 1.94. The van der Waals surface area contributed by atoms with Gasteiger partial charge in [0.15, 0.2) is 0 Å². The van der Waals surface area contributed by atoms with Crippen LogP contribution in [-0.2, 0) is 11.3 Å². The second-order valence-electron chi connectivity index (χ2n) is 5.41. The van der Waals surface area contributed by atoms with Gasteiger partial charge in [0.25, 0.3) is 0 Å². The van der Waals surface area contributed by atoms with Crippen molar-refractivity contribution in [3.8, 4) is 0 Å². The fourth-order valence-corrected chi connectivity index (χ4v) is 2.17. The van der Waals surface area contributed by atoms with Crippen LogP contribution in [0.4, 0.5) is 5.69 Å². The van der Waals surface area contributed by atoms with Gasteiger partial charge in [0.1, 0.15) is 11.8 Å². The second-order valence-corrected chi connectivity index (χ2v) is 5.41. The van der Waals surface area contributed by atoms with Crippen LogP contribution in [0.5, 0.6) is 0 Å². The summed E-state index contributed by atoms with van der Waals surface area (Å²) < 4.78 is 5.20. The molecule has 1 heterocycles. The number of carbonyl (C=O) groups excluding carboxylic acids is 1. The zero-order chi connectivity index (χ0) is 15.2. The van der Waals surface area contributed by atoms with Gasteiger partial charge in [-0.2, -0.15) is 0 Å². The summed E-state index contributed by atoms with van der Waals surface area (Å²) in [6.07, 6.45) is 1.60. The quantitative estimate of drug-likeness (QED) is 0.854. The van der Waals surface area contributed by atoms with Crippen LogP contribution < -0.4 is 10.6 Å². The number of carbonyl (C=O) groups is 1. The molecule has 0 saturated heterocycles. The van der Waals surface area contributed by atoms with E-state index >= 15 is 0 Å². The lowest BCUT2D eigenvalue weighted by atomic mass is 10.0. The van der Waals surface area contributed by atoms with Crippen LogP contribution in [0.3, 0.4) is 0 Å². The predicted octanol–water partition coefficient (Wildman–Crippen LogP) is 3.52. The fourth-order valence-electron chi connectivity index (χ4n) is 2.17. The van der Waals surface area contributed by atoms with Gasteiger partial charge in [-0.1, -0.05) is 32.0 Å². The first-order chi connectivity index (χ1) is 10.1. The van der Waals surface area contributed by atoms with Crippen LogP contribution in [0.1, 0.15) is 38.0 Å². The molecule has 1 amide bonds. The van der Waals surface area contributed by atoms with Crippen molar-refractivity contribution in [3.63, 3.8) is 0 Å². The van der Waals surface area contributed by atoms with Gasteiger partial charge in [-0.05, 0) is 36.6 Å². The monoisotopic (exact) mass is 286 g/mol. The summed E-state index contributed by atoms with van der Waals surface area (Å²) in [5.74, 6) is 1.11. The fraction of sp³-hybridized carbons (Fsp3) is 0.353. The van der Waals surface area contributed by atoms with Crippen molar-refractivity contribution in [3.05, 3.63) is 54.0 Å². The predicted molar refractivity (Wildman–Crippen MR) is 84.2 cm³/mol. The Labute approximate surface area is 125 Å². The lowest BCUT2D eigenvalue weighted by Crippen LogP contribution is -2.37. The van der Waals surface area contributed by atoms with E-state index in [9.17, 15) is 4.79 Å². The lowest BCUT2D eigenvalue weighted by molar-refractivity contribution is -0.121. The molecule has 112 valence electrons. The largest absolute Gasteiger partial charge is 0.467 e. The molecule has 0 fully saturated rings. The van der Waals surface area contributed by atoms with E-state index in [0.717, 1.165) is 11.4 Å². The lowest BCUT2D eigenvalue weighted by Gasteiger charge is -2.19. The standard InChI is InChI=1S/C17H22N2O2/c1-12(2)15-8-4-5-9-16(15)19-13(3)17(20)18-11-14-7-6-10-21-14/h4-10,12-13,19H,11H2,1-3H3,(H,18,20). The Morgan fingerprint density at radius 1 is 1.14 bits per heavy atom. The third kappa shape index (κ3) is 4.12. The Morgan fingerprint density at radius 2 is 1.90 bits per heavy atom. The SMILES string of the molecule is CC(Nc1ccccc1C(C)C)C(=O)NCc1ccco1. The van der Waals surface area contributed by atoms with Crippen LogP contribution in [0, 0.1) is 0 Å². The summed E-state index contributed by atoms with van der Waals surface area (Å²) in [5, 5.41) is 6.14. The molecule has 1 unspecified atom stereocenters. The number of rotatable bonds is 6. The minimum Gasteiger partial charge on any atom is -0.467 e. The summed E-state index contributed by atoms with van der Waals surface area (Å²) in [6, 6.07) is 11.4. The maximum absolute atomic E-state index is 12.1. The molecule has 0 bridgehead atoms. The summed E-state index contributed by atoms with van der Waals surface area (Å²) in [6.45, 7) is 6.54. The van der Waals surface area contributed by atoms with Crippen LogP contribution in [0.15, 0.2) is 47.1 Å². The molecule has 0 aliphatic heterocycles. The van der Waals surface area contributed by atoms with Crippen molar-refractivity contribution < 1.29 is 9.21 Å². The normalized spacial score (nSPS) is 12.2. The van der Waals surface area contributed by atoms with Gasteiger partial charge in [-0.3, -0.25) is 4.79 Å². The molecule has 1 aromatic carbocycles. The molecule has 1 atom stereocenters. The van der Waals surface area contributed by atoms with Gasteiger partial charge >= 0.3 is 0 Å². The molecule has 0 radical (unpaired) electrons. The Bertz CT molecular complexity index is 576. The molecule has 1 aromatic heterocycles. The summed E-state index contributed by atoms with van der Waals surface area (Å²) in [5.41, 5.74) is 2.22. The van der Waals surface area contributed by atoms with E-state index in [1.54, 1.807) is 6.26 Å². The first-order valence-electron chi connectivity index (χ1n) is 7.23. The summed E-state index contributed by atoms with van der Waals surface area (Å²) in [4.78, 5) is 12.1. The van der Waals surface area contributed by atoms with Crippen molar-refractivity contribution in [2.75, 3.05) is 5.32 Å². The number of para-hydroxylation sites is 1. The highest BCUT2D eigenvalue weighted by atomic mass is 16.3. The number of nitrogens with one attached hydrogen (secondary N) is 2. The van der Waals surface area contributed by atoms with Crippen LogP contribution in [-0.4, -0.2) is 11.9 Å². The third-order valence-electron chi connectivity index (χ3n) is 3.37. The second kappa shape index (κ2) is 6.97. The van der Waals surface area contributed by atoms with E-state index in [1.807, 2.05) is 37.3 Å². The molecule has 0 saturated carbocycles. The van der Waals surface area contributed by atoms with E-state index in [-0.39, 0.29) is 11.9 Å². The Hall–Kier alpha value is -2.23. The maximum Gasteiger partial charge on any atom is 0.242 e. The van der Waals surface area contributed by atoms with Crippen molar-refractivity contribution in [2.45, 2.75) is 39.3 Å². The summed E-state index contributed by atoms with van der Waals surface area (Å²) >= 11 is 0. The Kier molecular flexibility index (Phi) is 5.04. The number of anilines is 1. The minimum absolute atomic E-state index is 0.0510. The maximum atomic E-state index is 12.1. The highest BCUT2D eigenvalue weighted by Crippen LogP contribution is 2.24. The molecule has 0 spiro atoms. The number of furan rings is 1. The van der Waals surface area contributed by atoms with Gasteiger partial charge in [0.05, 0.1) is 12.8 Å². The average molecular weight is 286 g/mol. The van der Waals surface area contributed by atoms with E-state index in [0.29, 0.717) is 12.5 Å². The molecule has 0 aliphatic carbocycles. The first-order valence-corrected chi connectivity index (χ1v) is 7.23. The summed E-state index contributed by atoms with van der Waals surface area (Å²) in [7, 11) is 0. The molecule has 2 aromatic rings. The minimum atomic E-state index is -0.306. The van der Waals surface area contributed by atoms with E-state index < -0.39 is 0 Å². The third-order valence-corrected chi connectivity index (χ3v) is 3.37. The van der Waals surface area contributed by atoms with Crippen LogP contribution in [0.2, 0.25) is 0 Å². The van der Waals surface area contributed by atoms with E-state index in [4.69, 9.17) is 4.42 Å². The molecule has 4 nitrogen and oxygen atoms in total. The van der Waals surface area contributed by atoms with Crippen molar-refractivity contribution >= 4 is 11.6 Å². The van der Waals surface area contributed by atoms with Crippen molar-refractivity contribution in [2.24, 2.45) is 0 Å². The van der Waals surface area contributed by atoms with Crippen LogP contribution >= 0.6 is 0 Å². The molecular formula is C17H22N2O2. The van der Waals surface area contributed by atoms with Gasteiger partial charge in [-0.15, -0.1) is 0 Å². The van der Waals surface area contributed by atoms with E-state index in [2.05, 4.69) is 30.5 Å². The molecule has 2 rings (SSSR count). The van der Waals surface area contributed by atoms with Gasteiger partial charge in [-0.25, -0.2) is 0 Å². The van der Waals surface area contributed by atoms with Gasteiger partial charge in [0.2, 0.25) is 5.91 Å². The van der Waals surface area contributed by atoms with Gasteiger partial charge in [0, 0.05) is 5.69 Å². The van der Waals surface area contributed by atoms with Gasteiger partial charge < -0.3 is 15.1 Å². The molecular weight excluding hydrogens is 264 g/mol. The molecule has 21 heavy (non-hydrogen) atoms. The highest BCUT2D eigenvalue weighted by molar-refractivity contribution is 5.84. The van der Waals surface area contributed by atoms with Crippen LogP contribution in [0.25, 0.3) is 0 Å². The Morgan fingerprint density at radius 3 is 2.57 bits per heavy atom. The average Bonchev–Trinajstić information content (AvgIpc) is 2.98. The molecule has 0 aliphatic rings.